The number of aromatic nitrogens is 1. The Balaban J connectivity index is 2.43. The Kier molecular flexibility index (Phi) is 3.71. The van der Waals surface area contributed by atoms with Gasteiger partial charge < -0.3 is 16.8 Å². The van der Waals surface area contributed by atoms with E-state index in [1.54, 1.807) is 0 Å². The summed E-state index contributed by atoms with van der Waals surface area (Å²) in [7, 11) is 0. The molecule has 2 rings (SSSR count). The fourth-order valence-electron chi connectivity index (χ4n) is 1.62. The second-order valence-electron chi connectivity index (χ2n) is 4.11. The molecule has 1 aromatic carbocycles. The molecule has 0 unspecified atom stereocenters. The molecule has 0 aliphatic rings. The van der Waals surface area contributed by atoms with Crippen molar-refractivity contribution in [2.75, 3.05) is 11.1 Å². The summed E-state index contributed by atoms with van der Waals surface area (Å²) in [5, 5.41) is 3.09. The van der Waals surface area contributed by atoms with Crippen molar-refractivity contribution in [1.82, 2.24) is 4.98 Å². The second-order valence-corrected chi connectivity index (χ2v) is 5.03. The first-order chi connectivity index (χ1) is 8.97. The van der Waals surface area contributed by atoms with Crippen molar-refractivity contribution in [3.8, 4) is 0 Å². The van der Waals surface area contributed by atoms with Crippen LogP contribution in [0.25, 0.3) is 0 Å². The van der Waals surface area contributed by atoms with E-state index in [0.717, 1.165) is 15.7 Å². The van der Waals surface area contributed by atoms with Crippen LogP contribution in [-0.2, 0) is 0 Å². The van der Waals surface area contributed by atoms with Gasteiger partial charge in [0.2, 0.25) is 0 Å². The molecule has 0 aliphatic heterocycles. The molecule has 0 saturated heterocycles. The highest BCUT2D eigenvalue weighted by Gasteiger charge is 2.11. The van der Waals surface area contributed by atoms with Crippen LogP contribution in [0, 0.1) is 6.92 Å². The van der Waals surface area contributed by atoms with Gasteiger partial charge in [0.05, 0.1) is 17.4 Å². The van der Waals surface area contributed by atoms with Crippen LogP contribution in [0.4, 0.5) is 17.2 Å². The minimum Gasteiger partial charge on any atom is -0.397 e. The standard InChI is InChI=1S/C13H13BrN4O/c1-7-2-3-8(14)4-11(7)18-13-10(12(16)19)5-9(15)6-17-13/h2-6H,15H2,1H3,(H2,16,19)(H,17,18). The summed E-state index contributed by atoms with van der Waals surface area (Å²) in [5.74, 6) is -0.183. The van der Waals surface area contributed by atoms with E-state index in [1.165, 1.54) is 12.3 Å². The fraction of sp³-hybridized carbons (Fsp3) is 0.0769. The summed E-state index contributed by atoms with van der Waals surface area (Å²) in [6, 6.07) is 7.29. The number of nitrogens with zero attached hydrogens (tertiary/aromatic N) is 1. The van der Waals surface area contributed by atoms with Crippen LogP contribution in [0.5, 0.6) is 0 Å². The second kappa shape index (κ2) is 5.27. The van der Waals surface area contributed by atoms with E-state index >= 15 is 0 Å². The fourth-order valence-corrected chi connectivity index (χ4v) is 1.99. The molecule has 0 atom stereocenters. The van der Waals surface area contributed by atoms with Gasteiger partial charge in [0.15, 0.2) is 0 Å². The lowest BCUT2D eigenvalue weighted by Crippen LogP contribution is -2.15. The number of nitrogen functional groups attached to an aromatic ring is 1. The molecular formula is C13H13BrN4O. The van der Waals surface area contributed by atoms with E-state index in [-0.39, 0.29) is 5.56 Å². The molecule has 6 heteroatoms. The van der Waals surface area contributed by atoms with Crippen molar-refractivity contribution in [3.05, 3.63) is 46.1 Å². The summed E-state index contributed by atoms with van der Waals surface area (Å²) >= 11 is 3.40. The summed E-state index contributed by atoms with van der Waals surface area (Å²) in [6.07, 6.45) is 1.47. The Morgan fingerprint density at radius 1 is 1.37 bits per heavy atom. The zero-order valence-electron chi connectivity index (χ0n) is 10.3. The predicted octanol–water partition coefficient (Wildman–Crippen LogP) is 2.58. The molecular weight excluding hydrogens is 308 g/mol. The molecule has 0 spiro atoms. The number of hydrogen-bond donors (Lipinski definition) is 3. The lowest BCUT2D eigenvalue weighted by molar-refractivity contribution is 0.100. The smallest absolute Gasteiger partial charge is 0.252 e. The number of anilines is 3. The van der Waals surface area contributed by atoms with Crippen molar-refractivity contribution in [2.24, 2.45) is 5.73 Å². The van der Waals surface area contributed by atoms with E-state index < -0.39 is 5.91 Å². The van der Waals surface area contributed by atoms with Crippen LogP contribution in [0.15, 0.2) is 34.9 Å². The Morgan fingerprint density at radius 2 is 2.11 bits per heavy atom. The van der Waals surface area contributed by atoms with Crippen molar-refractivity contribution in [1.29, 1.82) is 0 Å². The van der Waals surface area contributed by atoms with Gasteiger partial charge in [-0.1, -0.05) is 22.0 Å². The van der Waals surface area contributed by atoms with Crippen molar-refractivity contribution >= 4 is 39.0 Å². The maximum Gasteiger partial charge on any atom is 0.252 e. The number of amides is 1. The molecule has 2 aromatic rings. The van der Waals surface area contributed by atoms with E-state index in [0.29, 0.717) is 11.5 Å². The van der Waals surface area contributed by atoms with E-state index in [4.69, 9.17) is 11.5 Å². The minimum atomic E-state index is -0.574. The average Bonchev–Trinajstić information content (AvgIpc) is 2.35. The Morgan fingerprint density at radius 3 is 2.79 bits per heavy atom. The van der Waals surface area contributed by atoms with E-state index in [1.807, 2.05) is 25.1 Å². The summed E-state index contributed by atoms with van der Waals surface area (Å²) in [5.41, 5.74) is 13.5. The largest absolute Gasteiger partial charge is 0.397 e. The molecule has 19 heavy (non-hydrogen) atoms. The molecule has 0 saturated carbocycles. The third kappa shape index (κ3) is 3.03. The first kappa shape index (κ1) is 13.4. The van der Waals surface area contributed by atoms with Gasteiger partial charge in [-0.3, -0.25) is 4.79 Å². The lowest BCUT2D eigenvalue weighted by Gasteiger charge is -2.12. The zero-order chi connectivity index (χ0) is 14.0. The number of carbonyl (C=O) groups is 1. The van der Waals surface area contributed by atoms with E-state index in [2.05, 4.69) is 26.2 Å². The highest BCUT2D eigenvalue weighted by molar-refractivity contribution is 9.10. The first-order valence-electron chi connectivity index (χ1n) is 5.56. The summed E-state index contributed by atoms with van der Waals surface area (Å²) in [6.45, 7) is 1.95. The maximum absolute atomic E-state index is 11.4. The number of primary amides is 1. The molecule has 0 fully saturated rings. The zero-order valence-corrected chi connectivity index (χ0v) is 11.9. The van der Waals surface area contributed by atoms with Crippen LogP contribution in [-0.4, -0.2) is 10.9 Å². The molecule has 98 valence electrons. The van der Waals surface area contributed by atoms with Gasteiger partial charge in [0, 0.05) is 10.2 Å². The van der Waals surface area contributed by atoms with Gasteiger partial charge in [0.1, 0.15) is 5.82 Å². The number of halogens is 1. The SMILES string of the molecule is Cc1ccc(Br)cc1Nc1ncc(N)cc1C(N)=O. The Labute approximate surface area is 119 Å². The monoisotopic (exact) mass is 320 g/mol. The number of pyridine rings is 1. The molecule has 5 N–H and O–H groups in total. The van der Waals surface area contributed by atoms with Gasteiger partial charge in [-0.25, -0.2) is 4.98 Å². The average molecular weight is 321 g/mol. The highest BCUT2D eigenvalue weighted by Crippen LogP contribution is 2.25. The van der Waals surface area contributed by atoms with E-state index in [9.17, 15) is 4.79 Å². The quantitative estimate of drug-likeness (QED) is 0.810. The number of nitrogens with two attached hydrogens (primary N) is 2. The normalized spacial score (nSPS) is 10.2. The molecule has 1 amide bonds. The molecule has 0 radical (unpaired) electrons. The highest BCUT2D eigenvalue weighted by atomic mass is 79.9. The Hall–Kier alpha value is -2.08. The lowest BCUT2D eigenvalue weighted by atomic mass is 10.2. The van der Waals surface area contributed by atoms with Gasteiger partial charge >= 0.3 is 0 Å². The van der Waals surface area contributed by atoms with Gasteiger partial charge in [-0.05, 0) is 30.7 Å². The van der Waals surface area contributed by atoms with Gasteiger partial charge in [-0.15, -0.1) is 0 Å². The summed E-state index contributed by atoms with van der Waals surface area (Å²) in [4.78, 5) is 15.5. The molecule has 1 heterocycles. The number of carbonyl (C=O) groups excluding carboxylic acids is 1. The number of benzene rings is 1. The van der Waals surface area contributed by atoms with Crippen LogP contribution in [0.2, 0.25) is 0 Å². The van der Waals surface area contributed by atoms with Gasteiger partial charge in [-0.2, -0.15) is 0 Å². The Bertz CT molecular complexity index is 643. The number of hydrogen-bond acceptors (Lipinski definition) is 4. The van der Waals surface area contributed by atoms with Gasteiger partial charge in [0.25, 0.3) is 5.91 Å². The molecule has 5 nitrogen and oxygen atoms in total. The van der Waals surface area contributed by atoms with Crippen molar-refractivity contribution in [3.63, 3.8) is 0 Å². The molecule has 0 aliphatic carbocycles. The molecule has 0 bridgehead atoms. The van der Waals surface area contributed by atoms with Crippen molar-refractivity contribution in [2.45, 2.75) is 6.92 Å². The topological polar surface area (TPSA) is 94.0 Å². The van der Waals surface area contributed by atoms with Crippen LogP contribution in [0.1, 0.15) is 15.9 Å². The van der Waals surface area contributed by atoms with Crippen LogP contribution >= 0.6 is 15.9 Å². The summed E-state index contributed by atoms with van der Waals surface area (Å²) < 4.78 is 0.927. The first-order valence-corrected chi connectivity index (χ1v) is 6.35. The third-order valence-corrected chi connectivity index (χ3v) is 3.12. The van der Waals surface area contributed by atoms with Crippen molar-refractivity contribution < 1.29 is 4.79 Å². The number of rotatable bonds is 3. The predicted molar refractivity (Wildman–Crippen MR) is 79.3 cm³/mol. The molecule has 1 aromatic heterocycles. The number of aryl methyl sites for hydroxylation is 1. The third-order valence-electron chi connectivity index (χ3n) is 2.63. The maximum atomic E-state index is 11.4. The van der Waals surface area contributed by atoms with Crippen LogP contribution in [0.3, 0.4) is 0 Å². The minimum absolute atomic E-state index is 0.263. The number of nitrogens with one attached hydrogen (secondary N) is 1. The van der Waals surface area contributed by atoms with Crippen LogP contribution < -0.4 is 16.8 Å².